The normalized spacial score (nSPS) is 14.9. The van der Waals surface area contributed by atoms with Gasteiger partial charge >= 0.3 is 0 Å². The summed E-state index contributed by atoms with van der Waals surface area (Å²) in [6.07, 6.45) is 1.22. The van der Waals surface area contributed by atoms with Gasteiger partial charge in [0.2, 0.25) is 5.91 Å². The number of carbonyl (C=O) groups excluding carboxylic acids is 1. The highest BCUT2D eigenvalue weighted by Gasteiger charge is 2.20. The van der Waals surface area contributed by atoms with Crippen molar-refractivity contribution in [3.05, 3.63) is 17.7 Å². The number of benzene rings is 1. The van der Waals surface area contributed by atoms with E-state index in [9.17, 15) is 9.90 Å². The van der Waals surface area contributed by atoms with E-state index in [1.54, 1.807) is 6.07 Å². The number of nitrogen functional groups attached to an aromatic ring is 1. The minimum atomic E-state index is -0.430. The summed E-state index contributed by atoms with van der Waals surface area (Å²) >= 11 is 0. The van der Waals surface area contributed by atoms with E-state index in [1.165, 1.54) is 0 Å². The minimum absolute atomic E-state index is 0.0141. The average molecular weight is 249 g/mol. The number of aliphatic hydroxyl groups is 1. The largest absolute Gasteiger partial charge is 0.397 e. The van der Waals surface area contributed by atoms with Crippen molar-refractivity contribution in [1.82, 2.24) is 0 Å². The fraction of sp³-hybridized carbons (Fsp3) is 0.462. The Hall–Kier alpha value is -1.75. The van der Waals surface area contributed by atoms with E-state index in [2.05, 4.69) is 10.6 Å². The van der Waals surface area contributed by atoms with Crippen molar-refractivity contribution in [3.8, 4) is 0 Å². The van der Waals surface area contributed by atoms with Gasteiger partial charge < -0.3 is 21.5 Å². The summed E-state index contributed by atoms with van der Waals surface area (Å²) in [5.41, 5.74) is 8.75. The Morgan fingerprint density at radius 1 is 1.44 bits per heavy atom. The number of aliphatic hydroxyl groups excluding tert-OH is 1. The van der Waals surface area contributed by atoms with Crippen LogP contribution < -0.4 is 16.4 Å². The summed E-state index contributed by atoms with van der Waals surface area (Å²) in [5.74, 6) is 0.0262. The van der Waals surface area contributed by atoms with Gasteiger partial charge in [-0.15, -0.1) is 0 Å². The molecule has 0 aliphatic carbocycles. The van der Waals surface area contributed by atoms with Gasteiger partial charge in [-0.25, -0.2) is 0 Å². The topological polar surface area (TPSA) is 87.4 Å². The number of aryl methyl sites for hydroxylation is 1. The van der Waals surface area contributed by atoms with E-state index < -0.39 is 5.54 Å². The molecule has 18 heavy (non-hydrogen) atoms. The van der Waals surface area contributed by atoms with Gasteiger partial charge in [0.05, 0.1) is 23.5 Å². The van der Waals surface area contributed by atoms with E-state index in [4.69, 9.17) is 5.73 Å². The quantitative estimate of drug-likeness (QED) is 0.609. The maximum atomic E-state index is 11.3. The molecule has 0 radical (unpaired) electrons. The molecule has 0 bridgehead atoms. The molecule has 0 saturated heterocycles. The molecule has 1 heterocycles. The predicted molar refractivity (Wildman–Crippen MR) is 72.6 cm³/mol. The van der Waals surface area contributed by atoms with Crippen LogP contribution in [-0.4, -0.2) is 23.2 Å². The number of nitrogens with two attached hydrogens (primary N) is 1. The molecule has 1 aliphatic heterocycles. The van der Waals surface area contributed by atoms with Gasteiger partial charge in [0.15, 0.2) is 0 Å². The average Bonchev–Trinajstić information content (AvgIpc) is 2.30. The van der Waals surface area contributed by atoms with Crippen LogP contribution in [0.15, 0.2) is 12.1 Å². The number of amides is 1. The summed E-state index contributed by atoms with van der Waals surface area (Å²) in [7, 11) is 0. The zero-order valence-corrected chi connectivity index (χ0v) is 10.7. The van der Waals surface area contributed by atoms with Gasteiger partial charge in [-0.1, -0.05) is 0 Å². The van der Waals surface area contributed by atoms with Crippen molar-refractivity contribution in [2.24, 2.45) is 0 Å². The maximum absolute atomic E-state index is 11.3. The molecule has 5 N–H and O–H groups in total. The second kappa shape index (κ2) is 4.49. The lowest BCUT2D eigenvalue weighted by Gasteiger charge is -2.27. The second-order valence-electron chi connectivity index (χ2n) is 5.31. The number of anilines is 3. The minimum Gasteiger partial charge on any atom is -0.397 e. The smallest absolute Gasteiger partial charge is 0.224 e. The first-order valence-electron chi connectivity index (χ1n) is 6.02. The Bertz CT molecular complexity index is 483. The third kappa shape index (κ3) is 2.56. The maximum Gasteiger partial charge on any atom is 0.224 e. The molecule has 1 aliphatic rings. The summed E-state index contributed by atoms with van der Waals surface area (Å²) in [6.45, 7) is 3.81. The number of fused-ring (bicyclic) bond motifs is 1. The second-order valence-corrected chi connectivity index (χ2v) is 5.31. The van der Waals surface area contributed by atoms with E-state index in [1.807, 2.05) is 19.9 Å². The SMILES string of the molecule is CC(C)(CO)Nc1cc2c(cc1N)NC(=O)CC2. The summed E-state index contributed by atoms with van der Waals surface area (Å²) in [4.78, 5) is 11.3. The molecular weight excluding hydrogens is 230 g/mol. The highest BCUT2D eigenvalue weighted by atomic mass is 16.3. The third-order valence-corrected chi connectivity index (χ3v) is 3.04. The standard InChI is InChI=1S/C13H19N3O2/c1-13(2,7-17)16-11-5-8-3-4-12(18)15-10(8)6-9(11)14/h5-6,16-17H,3-4,7,14H2,1-2H3,(H,15,18). The zero-order chi connectivity index (χ0) is 13.3. The van der Waals surface area contributed by atoms with Crippen molar-refractivity contribution >= 4 is 23.0 Å². The third-order valence-electron chi connectivity index (χ3n) is 3.04. The molecule has 1 aromatic carbocycles. The van der Waals surface area contributed by atoms with Crippen molar-refractivity contribution in [2.45, 2.75) is 32.2 Å². The van der Waals surface area contributed by atoms with Crippen LogP contribution in [0, 0.1) is 0 Å². The van der Waals surface area contributed by atoms with Crippen LogP contribution in [0.1, 0.15) is 25.8 Å². The van der Waals surface area contributed by atoms with E-state index in [0.29, 0.717) is 12.1 Å². The molecule has 98 valence electrons. The first-order valence-corrected chi connectivity index (χ1v) is 6.02. The lowest BCUT2D eigenvalue weighted by molar-refractivity contribution is -0.116. The molecule has 0 fully saturated rings. The van der Waals surface area contributed by atoms with Gasteiger partial charge in [-0.2, -0.15) is 0 Å². The van der Waals surface area contributed by atoms with Gasteiger partial charge in [-0.3, -0.25) is 4.79 Å². The van der Waals surface area contributed by atoms with Crippen LogP contribution in [0.5, 0.6) is 0 Å². The molecular formula is C13H19N3O2. The molecule has 5 nitrogen and oxygen atoms in total. The number of hydrogen-bond donors (Lipinski definition) is 4. The summed E-state index contributed by atoms with van der Waals surface area (Å²) in [6, 6.07) is 3.71. The van der Waals surface area contributed by atoms with Crippen molar-refractivity contribution < 1.29 is 9.90 Å². The molecule has 0 aromatic heterocycles. The van der Waals surface area contributed by atoms with Gasteiger partial charge in [0.25, 0.3) is 0 Å². The van der Waals surface area contributed by atoms with Crippen LogP contribution in [0.4, 0.5) is 17.1 Å². The zero-order valence-electron chi connectivity index (χ0n) is 10.7. The first-order chi connectivity index (χ1) is 8.41. The fourth-order valence-corrected chi connectivity index (χ4v) is 1.96. The van der Waals surface area contributed by atoms with Gasteiger partial charge in [0.1, 0.15) is 0 Å². The van der Waals surface area contributed by atoms with Crippen molar-refractivity contribution in [3.63, 3.8) is 0 Å². The highest BCUT2D eigenvalue weighted by molar-refractivity contribution is 5.95. The highest BCUT2D eigenvalue weighted by Crippen LogP contribution is 2.32. The molecule has 1 aromatic rings. The van der Waals surface area contributed by atoms with Crippen molar-refractivity contribution in [2.75, 3.05) is 23.0 Å². The molecule has 0 unspecified atom stereocenters. The number of rotatable bonds is 3. The summed E-state index contributed by atoms with van der Waals surface area (Å²) < 4.78 is 0. The van der Waals surface area contributed by atoms with Gasteiger partial charge in [0, 0.05) is 12.1 Å². The Kier molecular flexibility index (Phi) is 3.17. The predicted octanol–water partition coefficient (Wildman–Crippen LogP) is 1.34. The lowest BCUT2D eigenvalue weighted by Crippen LogP contribution is -2.35. The Balaban J connectivity index is 2.31. The van der Waals surface area contributed by atoms with Crippen LogP contribution in [-0.2, 0) is 11.2 Å². The number of carbonyl (C=O) groups is 1. The van der Waals surface area contributed by atoms with Gasteiger partial charge in [-0.05, 0) is 38.0 Å². The summed E-state index contributed by atoms with van der Waals surface area (Å²) in [5, 5.41) is 15.3. The Morgan fingerprint density at radius 3 is 2.83 bits per heavy atom. The van der Waals surface area contributed by atoms with Crippen LogP contribution in [0.25, 0.3) is 0 Å². The molecule has 1 amide bonds. The lowest BCUT2D eigenvalue weighted by atomic mass is 10.00. The van der Waals surface area contributed by atoms with Crippen molar-refractivity contribution in [1.29, 1.82) is 0 Å². The molecule has 0 atom stereocenters. The molecule has 2 rings (SSSR count). The van der Waals surface area contributed by atoms with Crippen LogP contribution >= 0.6 is 0 Å². The monoisotopic (exact) mass is 249 g/mol. The van der Waals surface area contributed by atoms with E-state index in [0.717, 1.165) is 23.4 Å². The van der Waals surface area contributed by atoms with Crippen LogP contribution in [0.2, 0.25) is 0 Å². The molecule has 0 saturated carbocycles. The van der Waals surface area contributed by atoms with E-state index >= 15 is 0 Å². The number of nitrogens with one attached hydrogen (secondary N) is 2. The molecule has 0 spiro atoms. The molecule has 5 heteroatoms. The Morgan fingerprint density at radius 2 is 2.17 bits per heavy atom. The van der Waals surface area contributed by atoms with E-state index in [-0.39, 0.29) is 12.5 Å². The fourth-order valence-electron chi connectivity index (χ4n) is 1.96. The Labute approximate surface area is 106 Å². The van der Waals surface area contributed by atoms with Crippen LogP contribution in [0.3, 0.4) is 0 Å². The number of hydrogen-bond acceptors (Lipinski definition) is 4. The first kappa shape index (κ1) is 12.7.